The van der Waals surface area contributed by atoms with Crippen molar-refractivity contribution in [2.45, 2.75) is 44.2 Å². The Kier molecular flexibility index (Phi) is 5.00. The van der Waals surface area contributed by atoms with E-state index in [4.69, 9.17) is 5.73 Å². The average Bonchev–Trinajstić information content (AvgIpc) is 2.17. The summed E-state index contributed by atoms with van der Waals surface area (Å²) in [6.07, 6.45) is 4.64. The zero-order valence-electron chi connectivity index (χ0n) is 9.26. The molecule has 3 N–H and O–H groups in total. The topological polar surface area (TPSA) is 75.4 Å². The quantitative estimate of drug-likeness (QED) is 0.770. The van der Waals surface area contributed by atoms with Crippen molar-refractivity contribution in [3.05, 3.63) is 0 Å². The van der Waals surface area contributed by atoms with Crippen molar-refractivity contribution in [3.8, 4) is 0 Å². The molecule has 0 atom stereocenters. The largest absolute Gasteiger partial charge is 0.328 e. The summed E-state index contributed by atoms with van der Waals surface area (Å²) in [6, 6.07) is 0.242. The van der Waals surface area contributed by atoms with Crippen molar-refractivity contribution < 1.29 is 8.42 Å². The predicted octanol–water partition coefficient (Wildman–Crippen LogP) is 0.218. The molecule has 0 radical (unpaired) electrons. The van der Waals surface area contributed by atoms with Gasteiger partial charge >= 0.3 is 0 Å². The van der Waals surface area contributed by atoms with Crippen LogP contribution in [0.2, 0.25) is 0 Å². The number of rotatable bonds is 3. The van der Waals surface area contributed by atoms with Gasteiger partial charge in [0.15, 0.2) is 0 Å². The summed E-state index contributed by atoms with van der Waals surface area (Å²) < 4.78 is 28.0. The van der Waals surface area contributed by atoms with E-state index in [0.29, 0.717) is 13.1 Å². The van der Waals surface area contributed by atoms with Crippen molar-refractivity contribution in [1.82, 2.24) is 9.03 Å². The van der Waals surface area contributed by atoms with E-state index in [0.717, 1.165) is 32.1 Å². The molecule has 2 aliphatic rings. The van der Waals surface area contributed by atoms with E-state index < -0.39 is 10.2 Å². The van der Waals surface area contributed by atoms with Gasteiger partial charge in [0.05, 0.1) is 0 Å². The molecular weight excluding hydrogens is 250 g/mol. The van der Waals surface area contributed by atoms with Gasteiger partial charge in [-0.25, -0.2) is 0 Å². The maximum absolute atomic E-state index is 11.9. The van der Waals surface area contributed by atoms with Crippen LogP contribution in [-0.2, 0) is 10.2 Å². The lowest BCUT2D eigenvalue weighted by molar-refractivity contribution is 0.301. The minimum absolute atomic E-state index is 0. The van der Waals surface area contributed by atoms with E-state index in [-0.39, 0.29) is 24.5 Å². The first-order valence-electron chi connectivity index (χ1n) is 5.61. The molecule has 1 heterocycles. The molecule has 1 saturated heterocycles. The summed E-state index contributed by atoms with van der Waals surface area (Å²) in [5.74, 6) is 0. The minimum atomic E-state index is -3.24. The smallest absolute Gasteiger partial charge is 0.279 e. The molecule has 2 fully saturated rings. The monoisotopic (exact) mass is 269 g/mol. The molecule has 1 saturated carbocycles. The van der Waals surface area contributed by atoms with Gasteiger partial charge in [0.2, 0.25) is 0 Å². The molecule has 96 valence electrons. The predicted molar refractivity (Wildman–Crippen MR) is 65.7 cm³/mol. The Labute approximate surface area is 103 Å². The molecule has 0 unspecified atom stereocenters. The molecule has 0 aromatic heterocycles. The Morgan fingerprint density at radius 3 is 2.19 bits per heavy atom. The number of nitrogens with zero attached hydrogens (tertiary/aromatic N) is 1. The SMILES string of the molecule is Cl.NC1CC(NS(=O)(=O)N2CCCCC2)C1. The Hall–Kier alpha value is 0.120. The normalized spacial score (nSPS) is 31.6. The highest BCUT2D eigenvalue weighted by Crippen LogP contribution is 2.20. The maximum atomic E-state index is 11.9. The molecule has 1 aliphatic carbocycles. The van der Waals surface area contributed by atoms with Crippen molar-refractivity contribution in [1.29, 1.82) is 0 Å². The first-order valence-corrected chi connectivity index (χ1v) is 7.05. The second-order valence-electron chi connectivity index (χ2n) is 4.51. The molecule has 5 nitrogen and oxygen atoms in total. The number of piperidine rings is 1. The summed E-state index contributed by atoms with van der Waals surface area (Å²) in [6.45, 7) is 1.32. The number of nitrogens with one attached hydrogen (secondary N) is 1. The van der Waals surface area contributed by atoms with Crippen molar-refractivity contribution >= 4 is 22.6 Å². The first kappa shape index (κ1) is 14.2. The highest BCUT2D eigenvalue weighted by atomic mass is 35.5. The summed E-state index contributed by atoms with van der Waals surface area (Å²) in [5.41, 5.74) is 5.62. The number of hydrogen-bond donors (Lipinski definition) is 2. The van der Waals surface area contributed by atoms with E-state index in [1.807, 2.05) is 0 Å². The number of nitrogens with two attached hydrogens (primary N) is 1. The van der Waals surface area contributed by atoms with Crippen LogP contribution in [0, 0.1) is 0 Å². The highest BCUT2D eigenvalue weighted by molar-refractivity contribution is 7.87. The Morgan fingerprint density at radius 1 is 1.12 bits per heavy atom. The zero-order chi connectivity index (χ0) is 10.9. The Bertz CT molecular complexity index is 311. The van der Waals surface area contributed by atoms with Crippen LogP contribution in [0.15, 0.2) is 0 Å². The molecule has 0 spiro atoms. The third kappa shape index (κ3) is 3.30. The van der Waals surface area contributed by atoms with Crippen molar-refractivity contribution in [2.75, 3.05) is 13.1 Å². The fraction of sp³-hybridized carbons (Fsp3) is 1.00. The van der Waals surface area contributed by atoms with Crippen LogP contribution in [0.1, 0.15) is 32.1 Å². The second-order valence-corrected chi connectivity index (χ2v) is 6.21. The molecule has 16 heavy (non-hydrogen) atoms. The number of halogens is 1. The first-order chi connectivity index (χ1) is 7.08. The Balaban J connectivity index is 0.00000128. The van der Waals surface area contributed by atoms with Crippen LogP contribution in [0.25, 0.3) is 0 Å². The van der Waals surface area contributed by atoms with Gasteiger partial charge in [-0.2, -0.15) is 17.4 Å². The molecule has 0 aromatic rings. The summed E-state index contributed by atoms with van der Waals surface area (Å²) in [4.78, 5) is 0. The van der Waals surface area contributed by atoms with Crippen LogP contribution in [-0.4, -0.2) is 37.9 Å². The van der Waals surface area contributed by atoms with Gasteiger partial charge in [-0.15, -0.1) is 12.4 Å². The van der Waals surface area contributed by atoms with E-state index >= 15 is 0 Å². The lowest BCUT2D eigenvalue weighted by Crippen LogP contribution is -2.54. The van der Waals surface area contributed by atoms with Gasteiger partial charge < -0.3 is 5.73 Å². The van der Waals surface area contributed by atoms with Crippen LogP contribution in [0.5, 0.6) is 0 Å². The lowest BCUT2D eigenvalue weighted by Gasteiger charge is -2.35. The number of hydrogen-bond acceptors (Lipinski definition) is 3. The third-order valence-electron chi connectivity index (χ3n) is 3.15. The van der Waals surface area contributed by atoms with Crippen LogP contribution >= 0.6 is 12.4 Å². The fourth-order valence-electron chi connectivity index (χ4n) is 2.15. The van der Waals surface area contributed by atoms with Gasteiger partial charge in [-0.3, -0.25) is 0 Å². The van der Waals surface area contributed by atoms with Crippen molar-refractivity contribution in [3.63, 3.8) is 0 Å². The van der Waals surface area contributed by atoms with Gasteiger partial charge in [-0.1, -0.05) is 6.42 Å². The van der Waals surface area contributed by atoms with E-state index in [9.17, 15) is 8.42 Å². The van der Waals surface area contributed by atoms with Gasteiger partial charge in [0.1, 0.15) is 0 Å². The molecule has 0 bridgehead atoms. The average molecular weight is 270 g/mol. The maximum Gasteiger partial charge on any atom is 0.279 e. The van der Waals surface area contributed by atoms with Crippen LogP contribution in [0.4, 0.5) is 0 Å². The van der Waals surface area contributed by atoms with Gasteiger partial charge in [-0.05, 0) is 25.7 Å². The van der Waals surface area contributed by atoms with Crippen LogP contribution in [0.3, 0.4) is 0 Å². The summed E-state index contributed by atoms with van der Waals surface area (Å²) >= 11 is 0. The van der Waals surface area contributed by atoms with E-state index in [1.165, 1.54) is 0 Å². The standard InChI is InChI=1S/C9H19N3O2S.ClH/c10-8-6-9(7-8)11-15(13,14)12-4-2-1-3-5-12;/h8-9,11H,1-7,10H2;1H. The molecule has 7 heteroatoms. The third-order valence-corrected chi connectivity index (χ3v) is 4.82. The molecule has 0 aromatic carbocycles. The molecular formula is C9H20ClN3O2S. The molecule has 0 amide bonds. The van der Waals surface area contributed by atoms with Crippen LogP contribution < -0.4 is 10.5 Å². The van der Waals surface area contributed by atoms with Crippen molar-refractivity contribution in [2.24, 2.45) is 5.73 Å². The lowest BCUT2D eigenvalue weighted by atomic mass is 9.89. The minimum Gasteiger partial charge on any atom is -0.328 e. The van der Waals surface area contributed by atoms with E-state index in [1.54, 1.807) is 4.31 Å². The zero-order valence-corrected chi connectivity index (χ0v) is 10.9. The summed E-state index contributed by atoms with van der Waals surface area (Å²) in [7, 11) is -3.24. The highest BCUT2D eigenvalue weighted by Gasteiger charge is 2.32. The Morgan fingerprint density at radius 2 is 1.69 bits per heavy atom. The second kappa shape index (κ2) is 5.64. The van der Waals surface area contributed by atoms with Gasteiger partial charge in [0, 0.05) is 25.2 Å². The summed E-state index contributed by atoms with van der Waals surface area (Å²) in [5, 5.41) is 0. The van der Waals surface area contributed by atoms with Gasteiger partial charge in [0.25, 0.3) is 10.2 Å². The fourth-order valence-corrected chi connectivity index (χ4v) is 3.65. The van der Waals surface area contributed by atoms with E-state index in [2.05, 4.69) is 4.72 Å². The molecule has 2 rings (SSSR count). The molecule has 1 aliphatic heterocycles.